The first-order valence-corrected chi connectivity index (χ1v) is 16.2. The van der Waals surface area contributed by atoms with Crippen LogP contribution in [0.25, 0.3) is 0 Å². The molecule has 1 rings (SSSR count). The van der Waals surface area contributed by atoms with Crippen molar-refractivity contribution in [3.05, 3.63) is 0 Å². The summed E-state index contributed by atoms with van der Waals surface area (Å²) in [5.74, 6) is -0.268. The van der Waals surface area contributed by atoms with Crippen LogP contribution in [0.2, 0.25) is 0 Å². The number of unbranched alkanes of at least 4 members (excludes halogenated alkanes) is 13. The molecule has 0 unspecified atom stereocenters. The Morgan fingerprint density at radius 1 is 0.738 bits per heavy atom. The van der Waals surface area contributed by atoms with E-state index in [0.717, 1.165) is 37.9 Å². The van der Waals surface area contributed by atoms with Crippen LogP contribution in [0.15, 0.2) is 5.10 Å². The Bertz CT molecular complexity index is 739. The number of amides is 2. The molecular weight excluding hydrogens is 540 g/mol. The predicted molar refractivity (Wildman–Crippen MR) is 164 cm³/mol. The van der Waals surface area contributed by atoms with Crippen LogP contribution in [0.3, 0.4) is 0 Å². The summed E-state index contributed by atoms with van der Waals surface area (Å²) in [4.78, 5) is 34.4. The Morgan fingerprint density at radius 3 is 1.95 bits per heavy atom. The molecule has 1 aliphatic heterocycles. The molecular formula is C30H58N6O6. The van der Waals surface area contributed by atoms with Crippen molar-refractivity contribution in [2.75, 3.05) is 39.5 Å². The van der Waals surface area contributed by atoms with Crippen LogP contribution in [0.4, 0.5) is 0 Å². The van der Waals surface area contributed by atoms with Crippen LogP contribution < -0.4 is 27.1 Å². The predicted octanol–water partition coefficient (Wildman–Crippen LogP) is 3.92. The molecule has 6 N–H and O–H groups in total. The third-order valence-corrected chi connectivity index (χ3v) is 7.25. The molecule has 42 heavy (non-hydrogen) atoms. The Kier molecular flexibility index (Phi) is 24.5. The number of amidine groups is 1. The monoisotopic (exact) mass is 598 g/mol. The van der Waals surface area contributed by atoms with Crippen LogP contribution in [-0.4, -0.2) is 68.2 Å². The summed E-state index contributed by atoms with van der Waals surface area (Å²) in [6, 6.07) is 0. The summed E-state index contributed by atoms with van der Waals surface area (Å²) in [6.45, 7) is 3.73. The van der Waals surface area contributed by atoms with Gasteiger partial charge in [-0.15, -0.1) is 10.6 Å². The zero-order chi connectivity index (χ0) is 30.5. The average Bonchev–Trinajstić information content (AvgIpc) is 3.49. The number of nitrogens with zero attached hydrogens (tertiary/aromatic N) is 1. The molecule has 244 valence electrons. The number of aliphatic carboxylic acids is 1. The smallest absolute Gasteiger partial charge is 0.306 e. The summed E-state index contributed by atoms with van der Waals surface area (Å²) in [6.07, 6.45) is 19.9. The molecule has 0 bridgehead atoms. The topological polar surface area (TPSA) is 162 Å². The van der Waals surface area contributed by atoms with Gasteiger partial charge in [0.05, 0.1) is 25.7 Å². The van der Waals surface area contributed by atoms with Gasteiger partial charge < -0.3 is 25.2 Å². The van der Waals surface area contributed by atoms with Gasteiger partial charge in [-0.25, -0.2) is 5.53 Å². The SMILES string of the molecule is C[C@@H](CCCCNC(=O)COCCOCCNC(=O)CCCCCCCCCCCCCCCC1=NNNN1)C(=O)O. The number of carboxylic acids is 1. The number of nitrogens with one attached hydrogen (secondary N) is 5. The lowest BCUT2D eigenvalue weighted by atomic mass is 10.0. The van der Waals surface area contributed by atoms with Crippen molar-refractivity contribution in [1.29, 1.82) is 0 Å². The lowest BCUT2D eigenvalue weighted by Gasteiger charge is -2.09. The van der Waals surface area contributed by atoms with E-state index in [2.05, 4.69) is 32.2 Å². The van der Waals surface area contributed by atoms with E-state index >= 15 is 0 Å². The standard InChI is InChI=1S/C30H58N6O6/c1-26(30(39)40)17-15-16-20-31-29(38)25-42-24-23-41-22-21-32-28(37)19-14-12-10-8-6-4-2-3-5-7-9-11-13-18-27-33-35-36-34-27/h26,35-36H,2-25H2,1H3,(H,31,38)(H,32,37)(H,33,34)(H,39,40)/t26-/m0/s1. The third kappa shape index (κ3) is 24.2. The summed E-state index contributed by atoms with van der Waals surface area (Å²) in [5, 5.41) is 18.6. The lowest BCUT2D eigenvalue weighted by Crippen LogP contribution is -2.34. The van der Waals surface area contributed by atoms with Gasteiger partial charge in [-0.2, -0.15) is 0 Å². The summed E-state index contributed by atoms with van der Waals surface area (Å²) < 4.78 is 10.7. The number of carbonyl (C=O) groups is 3. The van der Waals surface area contributed by atoms with Crippen molar-refractivity contribution in [3.63, 3.8) is 0 Å². The first-order chi connectivity index (χ1) is 20.5. The van der Waals surface area contributed by atoms with Crippen molar-refractivity contribution < 1.29 is 29.0 Å². The Morgan fingerprint density at radius 2 is 1.33 bits per heavy atom. The van der Waals surface area contributed by atoms with Crippen molar-refractivity contribution in [2.24, 2.45) is 11.0 Å². The van der Waals surface area contributed by atoms with Gasteiger partial charge in [0.1, 0.15) is 12.4 Å². The number of rotatable bonds is 30. The second-order valence-corrected chi connectivity index (χ2v) is 11.1. The van der Waals surface area contributed by atoms with Crippen LogP contribution in [-0.2, 0) is 23.9 Å². The zero-order valence-electron chi connectivity index (χ0n) is 26.0. The highest BCUT2D eigenvalue weighted by Gasteiger charge is 2.10. The molecule has 0 aromatic rings. The quantitative estimate of drug-likeness (QED) is 0.0673. The molecule has 1 atom stereocenters. The minimum Gasteiger partial charge on any atom is -0.481 e. The molecule has 2 amide bonds. The fraction of sp³-hybridized carbons (Fsp3) is 0.867. The Hall–Kier alpha value is -2.44. The number of hydrazone groups is 1. The van der Waals surface area contributed by atoms with Gasteiger partial charge in [0.15, 0.2) is 0 Å². The van der Waals surface area contributed by atoms with E-state index in [-0.39, 0.29) is 24.3 Å². The molecule has 1 heterocycles. The Balaban J connectivity index is 1.72. The Labute approximate surface area is 252 Å². The van der Waals surface area contributed by atoms with E-state index in [9.17, 15) is 14.4 Å². The van der Waals surface area contributed by atoms with E-state index < -0.39 is 5.97 Å². The number of carboxylic acid groups (broad SMARTS) is 1. The van der Waals surface area contributed by atoms with Crippen molar-refractivity contribution in [1.82, 2.24) is 27.1 Å². The molecule has 0 aromatic carbocycles. The molecule has 0 saturated heterocycles. The van der Waals surface area contributed by atoms with E-state index in [4.69, 9.17) is 14.6 Å². The second kappa shape index (κ2) is 27.4. The van der Waals surface area contributed by atoms with Crippen molar-refractivity contribution in [2.45, 2.75) is 122 Å². The molecule has 1 aliphatic rings. The minimum absolute atomic E-state index is 0.0289. The highest BCUT2D eigenvalue weighted by atomic mass is 16.5. The number of hydrogen-bond donors (Lipinski definition) is 6. The number of ether oxygens (including phenoxy) is 2. The maximum atomic E-state index is 11.9. The summed E-state index contributed by atoms with van der Waals surface area (Å²) in [5.41, 5.74) is 8.43. The molecule has 12 heteroatoms. The van der Waals surface area contributed by atoms with E-state index in [1.807, 2.05) is 0 Å². The van der Waals surface area contributed by atoms with E-state index in [1.165, 1.54) is 70.6 Å². The molecule has 0 radical (unpaired) electrons. The zero-order valence-corrected chi connectivity index (χ0v) is 26.0. The van der Waals surface area contributed by atoms with Gasteiger partial charge >= 0.3 is 5.97 Å². The lowest BCUT2D eigenvalue weighted by molar-refractivity contribution is -0.141. The minimum atomic E-state index is -0.788. The third-order valence-electron chi connectivity index (χ3n) is 7.25. The van der Waals surface area contributed by atoms with Crippen molar-refractivity contribution >= 4 is 23.6 Å². The highest BCUT2D eigenvalue weighted by Crippen LogP contribution is 2.13. The average molecular weight is 599 g/mol. The van der Waals surface area contributed by atoms with Gasteiger partial charge in [-0.1, -0.05) is 84.0 Å². The molecule has 0 saturated carbocycles. The van der Waals surface area contributed by atoms with Crippen LogP contribution in [0.1, 0.15) is 122 Å². The van der Waals surface area contributed by atoms with Gasteiger partial charge in [0, 0.05) is 25.9 Å². The van der Waals surface area contributed by atoms with Crippen LogP contribution in [0.5, 0.6) is 0 Å². The molecule has 0 aliphatic carbocycles. The molecule has 0 fully saturated rings. The fourth-order valence-corrected chi connectivity index (χ4v) is 4.58. The summed E-state index contributed by atoms with van der Waals surface area (Å²) >= 11 is 0. The van der Waals surface area contributed by atoms with Gasteiger partial charge in [-0.3, -0.25) is 19.8 Å². The maximum absolute atomic E-state index is 11.9. The van der Waals surface area contributed by atoms with Gasteiger partial charge in [-0.05, 0) is 25.7 Å². The van der Waals surface area contributed by atoms with Crippen LogP contribution in [0, 0.1) is 5.92 Å². The highest BCUT2D eigenvalue weighted by molar-refractivity contribution is 5.82. The summed E-state index contributed by atoms with van der Waals surface area (Å²) in [7, 11) is 0. The molecule has 0 spiro atoms. The second-order valence-electron chi connectivity index (χ2n) is 11.1. The van der Waals surface area contributed by atoms with Crippen LogP contribution >= 0.6 is 0 Å². The van der Waals surface area contributed by atoms with Gasteiger partial charge in [0.25, 0.3) is 0 Å². The molecule has 12 nitrogen and oxygen atoms in total. The molecule has 0 aromatic heterocycles. The number of hydrogen-bond acceptors (Lipinski definition) is 9. The van der Waals surface area contributed by atoms with E-state index in [1.54, 1.807) is 6.92 Å². The maximum Gasteiger partial charge on any atom is 0.306 e. The number of carbonyl (C=O) groups excluding carboxylic acids is 2. The van der Waals surface area contributed by atoms with Gasteiger partial charge in [0.2, 0.25) is 11.8 Å². The normalized spacial score (nSPS) is 13.2. The first-order valence-electron chi connectivity index (χ1n) is 16.2. The number of hydrazine groups is 2. The first kappa shape index (κ1) is 37.6. The largest absolute Gasteiger partial charge is 0.481 e. The fourth-order valence-electron chi connectivity index (χ4n) is 4.58. The van der Waals surface area contributed by atoms with E-state index in [0.29, 0.717) is 45.8 Å². The van der Waals surface area contributed by atoms with Crippen molar-refractivity contribution in [3.8, 4) is 0 Å².